The first-order valence-electron chi connectivity index (χ1n) is 6.87. The van der Waals surface area contributed by atoms with Gasteiger partial charge >= 0.3 is 0 Å². The van der Waals surface area contributed by atoms with Gasteiger partial charge in [-0.2, -0.15) is 0 Å². The molecule has 4 heteroatoms. The van der Waals surface area contributed by atoms with E-state index in [-0.39, 0.29) is 5.41 Å². The number of hydrogen-bond donors (Lipinski definition) is 0. The molecule has 0 spiro atoms. The molecular weight excluding hydrogens is 281 g/mol. The van der Waals surface area contributed by atoms with Crippen molar-refractivity contribution in [2.75, 3.05) is 20.3 Å². The molecule has 1 aliphatic carbocycles. The van der Waals surface area contributed by atoms with Crippen LogP contribution in [0, 0.1) is 0 Å². The van der Waals surface area contributed by atoms with Crippen LogP contribution in [0.1, 0.15) is 31.2 Å². The first kappa shape index (κ1) is 13.7. The van der Waals surface area contributed by atoms with Crippen molar-refractivity contribution in [2.45, 2.75) is 37.2 Å². The standard InChI is InChI=1S/C15H19Cl2NO/c1-18-9-15(7-3-2-4-14(15)19-10-18)11-5-6-12(16)13(17)8-11/h5-6,8,14H,2-4,7,9-10H2,1H3/t14-,15+/m1/s1. The lowest BCUT2D eigenvalue weighted by Crippen LogP contribution is -2.56. The Hall–Kier alpha value is -0.280. The van der Waals surface area contributed by atoms with Crippen LogP contribution in [-0.2, 0) is 10.2 Å². The molecule has 0 aromatic heterocycles. The third-order valence-corrected chi connectivity index (χ3v) is 5.24. The fourth-order valence-electron chi connectivity index (χ4n) is 3.60. The molecule has 1 aliphatic heterocycles. The highest BCUT2D eigenvalue weighted by Gasteiger charge is 2.46. The summed E-state index contributed by atoms with van der Waals surface area (Å²) in [4.78, 5) is 2.25. The van der Waals surface area contributed by atoms with E-state index in [0.717, 1.165) is 19.7 Å². The first-order chi connectivity index (χ1) is 9.12. The number of rotatable bonds is 1. The Morgan fingerprint density at radius 2 is 2.11 bits per heavy atom. The van der Waals surface area contributed by atoms with Gasteiger partial charge in [-0.15, -0.1) is 0 Å². The van der Waals surface area contributed by atoms with E-state index < -0.39 is 0 Å². The molecule has 0 N–H and O–H groups in total. The summed E-state index contributed by atoms with van der Waals surface area (Å²) >= 11 is 12.3. The van der Waals surface area contributed by atoms with Crippen LogP contribution in [0.5, 0.6) is 0 Å². The number of nitrogens with zero attached hydrogens (tertiary/aromatic N) is 1. The Morgan fingerprint density at radius 1 is 1.26 bits per heavy atom. The molecule has 2 nitrogen and oxygen atoms in total. The van der Waals surface area contributed by atoms with Crippen LogP contribution in [0.25, 0.3) is 0 Å². The lowest BCUT2D eigenvalue weighted by molar-refractivity contribution is -0.125. The molecule has 0 unspecified atom stereocenters. The zero-order valence-electron chi connectivity index (χ0n) is 11.2. The summed E-state index contributed by atoms with van der Waals surface area (Å²) in [6.07, 6.45) is 5.15. The number of likely N-dealkylation sites (N-methyl/N-ethyl adjacent to an activating group) is 1. The molecule has 1 aromatic rings. The van der Waals surface area contributed by atoms with E-state index in [1.807, 2.05) is 12.1 Å². The van der Waals surface area contributed by atoms with Gasteiger partial charge in [-0.3, -0.25) is 4.90 Å². The maximum atomic E-state index is 6.21. The zero-order chi connectivity index (χ0) is 13.5. The van der Waals surface area contributed by atoms with Gasteiger partial charge in [0.2, 0.25) is 0 Å². The summed E-state index contributed by atoms with van der Waals surface area (Å²) in [5, 5.41) is 1.27. The van der Waals surface area contributed by atoms with Gasteiger partial charge in [-0.25, -0.2) is 0 Å². The van der Waals surface area contributed by atoms with Crippen molar-refractivity contribution in [2.24, 2.45) is 0 Å². The molecular formula is C15H19Cl2NO. The van der Waals surface area contributed by atoms with Gasteiger partial charge in [0.1, 0.15) is 0 Å². The van der Waals surface area contributed by atoms with Gasteiger partial charge in [-0.05, 0) is 37.6 Å². The SMILES string of the molecule is CN1CO[C@@H]2CCCC[C@@]2(c2ccc(Cl)c(Cl)c2)C1. The lowest BCUT2D eigenvalue weighted by Gasteiger charge is -2.50. The largest absolute Gasteiger partial charge is 0.362 e. The second-order valence-electron chi connectivity index (χ2n) is 5.83. The number of benzene rings is 1. The van der Waals surface area contributed by atoms with Crippen LogP contribution in [0.15, 0.2) is 18.2 Å². The molecule has 19 heavy (non-hydrogen) atoms. The lowest BCUT2D eigenvalue weighted by atomic mass is 9.66. The average Bonchev–Trinajstić information content (AvgIpc) is 2.41. The number of halogens is 2. The monoisotopic (exact) mass is 299 g/mol. The summed E-state index contributed by atoms with van der Waals surface area (Å²) in [6, 6.07) is 6.06. The smallest absolute Gasteiger partial charge is 0.0992 e. The van der Waals surface area contributed by atoms with Crippen molar-refractivity contribution in [3.05, 3.63) is 33.8 Å². The molecule has 104 valence electrons. The summed E-state index contributed by atoms with van der Waals surface area (Å²) in [5.41, 5.74) is 1.36. The van der Waals surface area contributed by atoms with Crippen LogP contribution in [-0.4, -0.2) is 31.3 Å². The van der Waals surface area contributed by atoms with E-state index >= 15 is 0 Å². The van der Waals surface area contributed by atoms with Gasteiger partial charge < -0.3 is 4.74 Å². The van der Waals surface area contributed by atoms with E-state index in [1.54, 1.807) is 0 Å². The number of ether oxygens (including phenoxy) is 1. The maximum Gasteiger partial charge on any atom is 0.0992 e. The molecule has 1 heterocycles. The van der Waals surface area contributed by atoms with Crippen molar-refractivity contribution in [3.8, 4) is 0 Å². The van der Waals surface area contributed by atoms with E-state index in [0.29, 0.717) is 16.1 Å². The van der Waals surface area contributed by atoms with E-state index in [2.05, 4.69) is 18.0 Å². The van der Waals surface area contributed by atoms with Crippen molar-refractivity contribution in [3.63, 3.8) is 0 Å². The van der Waals surface area contributed by atoms with Crippen LogP contribution in [0.2, 0.25) is 10.0 Å². The van der Waals surface area contributed by atoms with Gasteiger partial charge in [0.05, 0.1) is 22.9 Å². The Bertz CT molecular complexity index is 479. The van der Waals surface area contributed by atoms with Crippen molar-refractivity contribution >= 4 is 23.2 Å². The Balaban J connectivity index is 2.02. The van der Waals surface area contributed by atoms with Gasteiger partial charge in [0.25, 0.3) is 0 Å². The van der Waals surface area contributed by atoms with Crippen LogP contribution in [0.3, 0.4) is 0 Å². The summed E-state index contributed by atoms with van der Waals surface area (Å²) < 4.78 is 6.07. The molecule has 0 radical (unpaired) electrons. The van der Waals surface area contributed by atoms with E-state index in [1.165, 1.54) is 24.8 Å². The summed E-state index contributed by atoms with van der Waals surface area (Å²) in [6.45, 7) is 1.77. The van der Waals surface area contributed by atoms with Crippen molar-refractivity contribution in [1.82, 2.24) is 4.90 Å². The Morgan fingerprint density at radius 3 is 2.89 bits per heavy atom. The fraction of sp³-hybridized carbons (Fsp3) is 0.600. The molecule has 0 bridgehead atoms. The molecule has 1 aromatic carbocycles. The number of fused-ring (bicyclic) bond motifs is 1. The highest BCUT2D eigenvalue weighted by atomic mass is 35.5. The van der Waals surface area contributed by atoms with Crippen molar-refractivity contribution in [1.29, 1.82) is 0 Å². The predicted molar refractivity (Wildman–Crippen MR) is 79.0 cm³/mol. The van der Waals surface area contributed by atoms with E-state index in [4.69, 9.17) is 27.9 Å². The third-order valence-electron chi connectivity index (χ3n) is 4.50. The van der Waals surface area contributed by atoms with Crippen LogP contribution < -0.4 is 0 Å². The average molecular weight is 300 g/mol. The molecule has 0 amide bonds. The van der Waals surface area contributed by atoms with Gasteiger partial charge in [0, 0.05) is 12.0 Å². The molecule has 2 fully saturated rings. The maximum absolute atomic E-state index is 6.21. The normalized spacial score (nSPS) is 32.1. The summed E-state index contributed by atoms with van der Waals surface area (Å²) in [5.74, 6) is 0. The zero-order valence-corrected chi connectivity index (χ0v) is 12.7. The Labute approximate surface area is 124 Å². The summed E-state index contributed by atoms with van der Waals surface area (Å²) in [7, 11) is 2.12. The molecule has 1 saturated carbocycles. The minimum absolute atomic E-state index is 0.0828. The molecule has 3 rings (SSSR count). The van der Waals surface area contributed by atoms with Crippen LogP contribution >= 0.6 is 23.2 Å². The second kappa shape index (κ2) is 5.25. The van der Waals surface area contributed by atoms with E-state index in [9.17, 15) is 0 Å². The first-order valence-corrected chi connectivity index (χ1v) is 7.63. The van der Waals surface area contributed by atoms with Gasteiger partial charge in [-0.1, -0.05) is 42.1 Å². The fourth-order valence-corrected chi connectivity index (χ4v) is 3.90. The molecule has 2 atom stereocenters. The number of hydrogen-bond acceptors (Lipinski definition) is 2. The third kappa shape index (κ3) is 2.40. The topological polar surface area (TPSA) is 12.5 Å². The van der Waals surface area contributed by atoms with Crippen LogP contribution in [0.4, 0.5) is 0 Å². The van der Waals surface area contributed by atoms with Gasteiger partial charge in [0.15, 0.2) is 0 Å². The predicted octanol–water partition coefficient (Wildman–Crippen LogP) is 4.09. The quantitative estimate of drug-likeness (QED) is 0.774. The molecule has 1 saturated heterocycles. The minimum Gasteiger partial charge on any atom is -0.362 e. The molecule has 2 aliphatic rings. The highest BCUT2D eigenvalue weighted by Crippen LogP contribution is 2.45. The second-order valence-corrected chi connectivity index (χ2v) is 6.64. The minimum atomic E-state index is 0.0828. The van der Waals surface area contributed by atoms with Crippen molar-refractivity contribution < 1.29 is 4.74 Å². The Kier molecular flexibility index (Phi) is 3.78. The highest BCUT2D eigenvalue weighted by molar-refractivity contribution is 6.42.